The van der Waals surface area contributed by atoms with Gasteiger partial charge in [-0.25, -0.2) is 0 Å². The minimum Gasteiger partial charge on any atom is -0.311 e. The Balaban J connectivity index is 1.90. The Hall–Kier alpha value is -1.61. The Bertz CT molecular complexity index is 514. The molecule has 1 aromatic heterocycles. The zero-order valence-electron chi connectivity index (χ0n) is 12.1. The molecule has 1 aromatic carbocycles. The van der Waals surface area contributed by atoms with E-state index < -0.39 is 0 Å². The van der Waals surface area contributed by atoms with Crippen molar-refractivity contribution in [2.24, 2.45) is 5.92 Å². The van der Waals surface area contributed by atoms with Crippen molar-refractivity contribution < 1.29 is 0 Å². The first kappa shape index (κ1) is 13.8. The number of hydrogen-bond donors (Lipinski definition) is 1. The van der Waals surface area contributed by atoms with Gasteiger partial charge in [-0.1, -0.05) is 43.7 Å². The second-order valence-corrected chi connectivity index (χ2v) is 5.52. The molecule has 0 amide bonds. The molecular weight excluding hydrogens is 234 g/mol. The summed E-state index contributed by atoms with van der Waals surface area (Å²) in [5.74, 6) is 0.675. The molecule has 0 aliphatic rings. The molecule has 0 saturated carbocycles. The zero-order valence-corrected chi connectivity index (χ0v) is 12.1. The first-order chi connectivity index (χ1) is 9.13. The molecule has 3 heteroatoms. The summed E-state index contributed by atoms with van der Waals surface area (Å²) in [6.45, 7) is 9.26. The van der Waals surface area contributed by atoms with E-state index in [1.165, 1.54) is 11.1 Å². The summed E-state index contributed by atoms with van der Waals surface area (Å²) in [7, 11) is 0. The molecule has 3 nitrogen and oxygen atoms in total. The van der Waals surface area contributed by atoms with Crippen LogP contribution in [0.3, 0.4) is 0 Å². The highest BCUT2D eigenvalue weighted by molar-refractivity contribution is 5.22. The average Bonchev–Trinajstić information content (AvgIpc) is 2.76. The van der Waals surface area contributed by atoms with Gasteiger partial charge < -0.3 is 5.32 Å². The standard InChI is InChI=1S/C16H23N3/c1-13(2)10-17-11-16-7-8-19(18-16)12-15-6-4-5-14(3)9-15/h4-9,13,17H,10-12H2,1-3H3. The molecule has 0 aliphatic heterocycles. The smallest absolute Gasteiger partial charge is 0.0762 e. The number of hydrogen-bond acceptors (Lipinski definition) is 2. The zero-order chi connectivity index (χ0) is 13.7. The SMILES string of the molecule is Cc1cccc(Cn2ccc(CNCC(C)C)n2)c1. The van der Waals surface area contributed by atoms with Crippen LogP contribution in [0.4, 0.5) is 0 Å². The molecule has 0 saturated heterocycles. The van der Waals surface area contributed by atoms with Crippen LogP contribution in [0.1, 0.15) is 30.7 Å². The monoisotopic (exact) mass is 257 g/mol. The molecule has 0 fully saturated rings. The molecule has 0 spiro atoms. The van der Waals surface area contributed by atoms with E-state index in [1.54, 1.807) is 0 Å². The predicted octanol–water partition coefficient (Wildman–Crippen LogP) is 2.99. The fraction of sp³-hybridized carbons (Fsp3) is 0.438. The van der Waals surface area contributed by atoms with Gasteiger partial charge in [0.2, 0.25) is 0 Å². The largest absolute Gasteiger partial charge is 0.311 e. The summed E-state index contributed by atoms with van der Waals surface area (Å²) < 4.78 is 2.00. The van der Waals surface area contributed by atoms with E-state index in [0.717, 1.165) is 25.3 Å². The summed E-state index contributed by atoms with van der Waals surface area (Å²) in [5.41, 5.74) is 3.70. The quantitative estimate of drug-likeness (QED) is 0.862. The number of nitrogens with one attached hydrogen (secondary N) is 1. The van der Waals surface area contributed by atoms with Crippen molar-refractivity contribution in [1.29, 1.82) is 0 Å². The Labute approximate surface area is 115 Å². The van der Waals surface area contributed by atoms with Crippen LogP contribution in [0, 0.1) is 12.8 Å². The number of aryl methyl sites for hydroxylation is 1. The van der Waals surface area contributed by atoms with Crippen molar-refractivity contribution in [1.82, 2.24) is 15.1 Å². The van der Waals surface area contributed by atoms with Crippen LogP contribution in [-0.4, -0.2) is 16.3 Å². The molecule has 0 radical (unpaired) electrons. The Morgan fingerprint density at radius 1 is 1.26 bits per heavy atom. The van der Waals surface area contributed by atoms with E-state index in [2.05, 4.69) is 67.7 Å². The van der Waals surface area contributed by atoms with Crippen molar-refractivity contribution in [2.45, 2.75) is 33.9 Å². The highest BCUT2D eigenvalue weighted by Gasteiger charge is 2.01. The van der Waals surface area contributed by atoms with Crippen LogP contribution < -0.4 is 5.32 Å². The fourth-order valence-corrected chi connectivity index (χ4v) is 2.07. The molecule has 0 bridgehead atoms. The third-order valence-electron chi connectivity index (χ3n) is 2.98. The van der Waals surface area contributed by atoms with Crippen molar-refractivity contribution in [3.05, 3.63) is 53.3 Å². The van der Waals surface area contributed by atoms with Gasteiger partial charge in [0.15, 0.2) is 0 Å². The summed E-state index contributed by atoms with van der Waals surface area (Å²) in [4.78, 5) is 0. The number of rotatable bonds is 6. The van der Waals surface area contributed by atoms with Crippen LogP contribution in [-0.2, 0) is 13.1 Å². The van der Waals surface area contributed by atoms with Gasteiger partial charge in [0, 0.05) is 12.7 Å². The number of aromatic nitrogens is 2. The summed E-state index contributed by atoms with van der Waals surface area (Å²) >= 11 is 0. The average molecular weight is 257 g/mol. The second kappa shape index (κ2) is 6.53. The van der Waals surface area contributed by atoms with Gasteiger partial charge in [0.05, 0.1) is 12.2 Å². The summed E-state index contributed by atoms with van der Waals surface area (Å²) in [6, 6.07) is 10.7. The van der Waals surface area contributed by atoms with Gasteiger partial charge in [-0.05, 0) is 31.0 Å². The van der Waals surface area contributed by atoms with E-state index >= 15 is 0 Å². The van der Waals surface area contributed by atoms with E-state index in [0.29, 0.717) is 5.92 Å². The second-order valence-electron chi connectivity index (χ2n) is 5.52. The van der Waals surface area contributed by atoms with Crippen LogP contribution >= 0.6 is 0 Å². The Morgan fingerprint density at radius 2 is 2.11 bits per heavy atom. The van der Waals surface area contributed by atoms with E-state index in [9.17, 15) is 0 Å². The maximum Gasteiger partial charge on any atom is 0.0762 e. The maximum absolute atomic E-state index is 4.59. The molecule has 0 aliphatic carbocycles. The van der Waals surface area contributed by atoms with Crippen LogP contribution in [0.2, 0.25) is 0 Å². The van der Waals surface area contributed by atoms with Gasteiger partial charge >= 0.3 is 0 Å². The molecule has 2 aromatic rings. The van der Waals surface area contributed by atoms with Gasteiger partial charge in [-0.2, -0.15) is 5.10 Å². The molecule has 0 unspecified atom stereocenters. The van der Waals surface area contributed by atoms with E-state index in [4.69, 9.17) is 0 Å². The highest BCUT2D eigenvalue weighted by atomic mass is 15.3. The van der Waals surface area contributed by atoms with Gasteiger partial charge in [-0.3, -0.25) is 4.68 Å². The topological polar surface area (TPSA) is 29.9 Å². The third kappa shape index (κ3) is 4.52. The van der Waals surface area contributed by atoms with E-state index in [-0.39, 0.29) is 0 Å². The van der Waals surface area contributed by atoms with Crippen LogP contribution in [0.25, 0.3) is 0 Å². The maximum atomic E-state index is 4.59. The van der Waals surface area contributed by atoms with E-state index in [1.807, 2.05) is 4.68 Å². The number of nitrogens with zero attached hydrogens (tertiary/aromatic N) is 2. The van der Waals surface area contributed by atoms with Gasteiger partial charge in [0.25, 0.3) is 0 Å². The van der Waals surface area contributed by atoms with Crippen LogP contribution in [0.5, 0.6) is 0 Å². The lowest BCUT2D eigenvalue weighted by Crippen LogP contribution is -2.19. The predicted molar refractivity (Wildman–Crippen MR) is 79.1 cm³/mol. The summed E-state index contributed by atoms with van der Waals surface area (Å²) in [5, 5.41) is 8.00. The van der Waals surface area contributed by atoms with Gasteiger partial charge in [-0.15, -0.1) is 0 Å². The van der Waals surface area contributed by atoms with Crippen molar-refractivity contribution in [2.75, 3.05) is 6.54 Å². The normalized spacial score (nSPS) is 11.2. The molecule has 0 atom stereocenters. The molecule has 102 valence electrons. The lowest BCUT2D eigenvalue weighted by molar-refractivity contribution is 0.543. The third-order valence-corrected chi connectivity index (χ3v) is 2.98. The molecule has 19 heavy (non-hydrogen) atoms. The van der Waals surface area contributed by atoms with Crippen LogP contribution in [0.15, 0.2) is 36.5 Å². The Morgan fingerprint density at radius 3 is 2.84 bits per heavy atom. The molecule has 1 heterocycles. The minimum absolute atomic E-state index is 0.675. The fourth-order valence-electron chi connectivity index (χ4n) is 2.07. The van der Waals surface area contributed by atoms with Crippen molar-refractivity contribution >= 4 is 0 Å². The summed E-state index contributed by atoms with van der Waals surface area (Å²) in [6.07, 6.45) is 2.05. The Kier molecular flexibility index (Phi) is 4.74. The lowest BCUT2D eigenvalue weighted by Gasteiger charge is -2.05. The molecule has 2 rings (SSSR count). The highest BCUT2D eigenvalue weighted by Crippen LogP contribution is 2.06. The first-order valence-electron chi connectivity index (χ1n) is 6.92. The van der Waals surface area contributed by atoms with Crippen molar-refractivity contribution in [3.63, 3.8) is 0 Å². The first-order valence-corrected chi connectivity index (χ1v) is 6.92. The molecular formula is C16H23N3. The minimum atomic E-state index is 0.675. The van der Waals surface area contributed by atoms with Gasteiger partial charge in [0.1, 0.15) is 0 Å². The number of benzene rings is 1. The molecule has 1 N–H and O–H groups in total. The lowest BCUT2D eigenvalue weighted by atomic mass is 10.1. The van der Waals surface area contributed by atoms with Crippen molar-refractivity contribution in [3.8, 4) is 0 Å².